The number of aromatic carboxylic acids is 1. The van der Waals surface area contributed by atoms with E-state index in [1.54, 1.807) is 17.0 Å². The van der Waals surface area contributed by atoms with Crippen LogP contribution in [-0.4, -0.2) is 52.5 Å². The smallest absolute Gasteiger partial charge is 0.410 e. The van der Waals surface area contributed by atoms with E-state index in [0.29, 0.717) is 12.8 Å². The van der Waals surface area contributed by atoms with Gasteiger partial charge in [0.2, 0.25) is 0 Å². The zero-order valence-electron chi connectivity index (χ0n) is 23.6. The summed E-state index contributed by atoms with van der Waals surface area (Å²) in [5.74, 6) is -1.09. The molecule has 5 rings (SSSR count). The van der Waals surface area contributed by atoms with Crippen LogP contribution in [0.4, 0.5) is 9.59 Å². The molecule has 8 nitrogen and oxygen atoms in total. The molecule has 1 fully saturated rings. The zero-order chi connectivity index (χ0) is 29.1. The van der Waals surface area contributed by atoms with Crippen LogP contribution < -0.4 is 5.32 Å². The van der Waals surface area contributed by atoms with Crippen molar-refractivity contribution in [2.75, 3.05) is 6.61 Å². The Morgan fingerprint density at radius 3 is 2.20 bits per heavy atom. The highest BCUT2D eigenvalue weighted by molar-refractivity contribution is 7.13. The lowest BCUT2D eigenvalue weighted by molar-refractivity contribution is 0.0369. The Bertz CT molecular complexity index is 1380. The van der Waals surface area contributed by atoms with Gasteiger partial charge in [-0.1, -0.05) is 61.4 Å². The van der Waals surface area contributed by atoms with Gasteiger partial charge in [0.1, 0.15) is 17.1 Å². The number of carboxylic acids is 1. The van der Waals surface area contributed by atoms with Crippen LogP contribution in [0, 0.1) is 0 Å². The molecule has 2 atom stereocenters. The Morgan fingerprint density at radius 2 is 1.59 bits per heavy atom. The van der Waals surface area contributed by atoms with Crippen LogP contribution in [-0.2, 0) is 16.0 Å². The summed E-state index contributed by atoms with van der Waals surface area (Å²) in [6, 6.07) is 19.0. The number of nitrogens with one attached hydrogen (secondary N) is 1. The van der Waals surface area contributed by atoms with Crippen molar-refractivity contribution in [2.45, 2.75) is 76.6 Å². The highest BCUT2D eigenvalue weighted by Crippen LogP contribution is 2.44. The summed E-state index contributed by atoms with van der Waals surface area (Å²) in [4.78, 5) is 40.7. The third kappa shape index (κ3) is 6.56. The molecule has 2 aromatic carbocycles. The Labute approximate surface area is 244 Å². The van der Waals surface area contributed by atoms with E-state index in [1.165, 1.54) is 0 Å². The average molecular weight is 577 g/mol. The standard InChI is InChI=1S/C32H36N2O6S/c1-32(2,3)40-30(37)33-26-14-8-9-15-27(26)34(18-20-16-17-28(41-20)29(35)36)31(38)39-19-25-23-12-6-4-10-21(23)22-11-5-7-13-24(22)25/h4-7,10-13,16-17,25-27H,8-9,14-15,18-19H2,1-3H3,(H,33,37)(H,35,36)/t26-,27-/m1/s1. The van der Waals surface area contributed by atoms with Crippen molar-refractivity contribution in [3.05, 3.63) is 81.5 Å². The second-order valence-electron chi connectivity index (χ2n) is 11.6. The van der Waals surface area contributed by atoms with Crippen molar-refractivity contribution in [3.8, 4) is 11.1 Å². The molecule has 2 amide bonds. The van der Waals surface area contributed by atoms with Gasteiger partial charge in [0.25, 0.3) is 0 Å². The first-order valence-electron chi connectivity index (χ1n) is 14.0. The van der Waals surface area contributed by atoms with E-state index in [1.807, 2.05) is 45.0 Å². The van der Waals surface area contributed by atoms with E-state index in [2.05, 4.69) is 29.6 Å². The van der Waals surface area contributed by atoms with Gasteiger partial charge < -0.3 is 19.9 Å². The molecular weight excluding hydrogens is 540 g/mol. The monoisotopic (exact) mass is 576 g/mol. The quantitative estimate of drug-likeness (QED) is 0.313. The predicted octanol–water partition coefficient (Wildman–Crippen LogP) is 7.03. The van der Waals surface area contributed by atoms with Gasteiger partial charge in [0.15, 0.2) is 0 Å². The van der Waals surface area contributed by atoms with Gasteiger partial charge in [-0.25, -0.2) is 14.4 Å². The minimum absolute atomic E-state index is 0.0874. The molecule has 41 heavy (non-hydrogen) atoms. The molecule has 0 spiro atoms. The number of carbonyl (C=O) groups is 3. The number of nitrogens with zero attached hydrogens (tertiary/aromatic N) is 1. The summed E-state index contributed by atoms with van der Waals surface area (Å²) >= 11 is 1.14. The molecule has 0 unspecified atom stereocenters. The second kappa shape index (κ2) is 11.9. The van der Waals surface area contributed by atoms with Crippen LogP contribution >= 0.6 is 11.3 Å². The summed E-state index contributed by atoms with van der Waals surface area (Å²) in [5, 5.41) is 12.4. The van der Waals surface area contributed by atoms with Crippen molar-refractivity contribution in [3.63, 3.8) is 0 Å². The van der Waals surface area contributed by atoms with Gasteiger partial charge >= 0.3 is 18.2 Å². The second-order valence-corrected chi connectivity index (χ2v) is 12.8. The molecule has 2 N–H and O–H groups in total. The van der Waals surface area contributed by atoms with Crippen molar-refractivity contribution in [1.29, 1.82) is 0 Å². The van der Waals surface area contributed by atoms with Crippen molar-refractivity contribution >= 4 is 29.5 Å². The zero-order valence-corrected chi connectivity index (χ0v) is 24.4. The molecule has 0 radical (unpaired) electrons. The first-order valence-corrected chi connectivity index (χ1v) is 14.9. The number of carboxylic acid groups (broad SMARTS) is 1. The van der Waals surface area contributed by atoms with Gasteiger partial charge in [-0.05, 0) is 68.0 Å². The van der Waals surface area contributed by atoms with E-state index < -0.39 is 23.8 Å². The molecule has 0 aliphatic heterocycles. The molecule has 3 aromatic rings. The van der Waals surface area contributed by atoms with Gasteiger partial charge in [-0.2, -0.15) is 0 Å². The molecule has 9 heteroatoms. The summed E-state index contributed by atoms with van der Waals surface area (Å²) in [6.07, 6.45) is 2.18. The molecule has 0 bridgehead atoms. The molecule has 1 aromatic heterocycles. The summed E-state index contributed by atoms with van der Waals surface area (Å²) in [5.41, 5.74) is 3.90. The molecule has 0 saturated heterocycles. The molecule has 1 heterocycles. The molecular formula is C32H36N2O6S. The largest absolute Gasteiger partial charge is 0.477 e. The Morgan fingerprint density at radius 1 is 0.951 bits per heavy atom. The number of hydrogen-bond donors (Lipinski definition) is 2. The van der Waals surface area contributed by atoms with E-state index in [0.717, 1.165) is 51.3 Å². The Balaban J connectivity index is 1.38. The number of amides is 2. The number of thiophene rings is 1. The summed E-state index contributed by atoms with van der Waals surface area (Å²) in [7, 11) is 0. The van der Waals surface area contributed by atoms with Crippen molar-refractivity contribution < 1.29 is 29.0 Å². The fourth-order valence-corrected chi connectivity index (χ4v) is 6.70. The van der Waals surface area contributed by atoms with Crippen LogP contribution in [0.15, 0.2) is 60.7 Å². The maximum Gasteiger partial charge on any atom is 0.410 e. The van der Waals surface area contributed by atoms with E-state index in [9.17, 15) is 19.5 Å². The number of fused-ring (bicyclic) bond motifs is 3. The Kier molecular flexibility index (Phi) is 8.35. The first kappa shape index (κ1) is 28.7. The third-order valence-corrected chi connectivity index (χ3v) is 8.66. The molecule has 1 saturated carbocycles. The van der Waals surface area contributed by atoms with E-state index in [4.69, 9.17) is 9.47 Å². The van der Waals surface area contributed by atoms with Crippen molar-refractivity contribution in [2.24, 2.45) is 0 Å². The number of ether oxygens (including phenoxy) is 2. The Hall–Kier alpha value is -3.85. The highest BCUT2D eigenvalue weighted by Gasteiger charge is 2.37. The van der Waals surface area contributed by atoms with E-state index >= 15 is 0 Å². The van der Waals surface area contributed by atoms with Crippen LogP contribution in [0.2, 0.25) is 0 Å². The topological polar surface area (TPSA) is 105 Å². The highest BCUT2D eigenvalue weighted by atomic mass is 32.1. The SMILES string of the molecule is CC(C)(C)OC(=O)N[C@@H]1CCCC[C@H]1N(Cc1ccc(C(=O)O)s1)C(=O)OCC1c2ccccc2-c2ccccc21. The maximum absolute atomic E-state index is 13.9. The van der Waals surface area contributed by atoms with Gasteiger partial charge in [0.05, 0.1) is 18.6 Å². The fraction of sp³-hybridized carbons (Fsp3) is 0.406. The normalized spacial score (nSPS) is 18.2. The average Bonchev–Trinajstić information content (AvgIpc) is 3.53. The minimum atomic E-state index is -1.00. The van der Waals surface area contributed by atoms with Crippen LogP contribution in [0.1, 0.15) is 78.0 Å². The van der Waals surface area contributed by atoms with Crippen LogP contribution in [0.5, 0.6) is 0 Å². The predicted molar refractivity (Wildman–Crippen MR) is 157 cm³/mol. The molecule has 2 aliphatic rings. The number of carbonyl (C=O) groups excluding carboxylic acids is 2. The van der Waals surface area contributed by atoms with Crippen molar-refractivity contribution in [1.82, 2.24) is 10.2 Å². The van der Waals surface area contributed by atoms with E-state index in [-0.39, 0.29) is 36.0 Å². The lowest BCUT2D eigenvalue weighted by Gasteiger charge is -2.39. The van der Waals surface area contributed by atoms with Crippen LogP contribution in [0.25, 0.3) is 11.1 Å². The number of alkyl carbamates (subject to hydrolysis) is 1. The summed E-state index contributed by atoms with van der Waals surface area (Å²) in [6.45, 7) is 5.79. The van der Waals surface area contributed by atoms with Gasteiger partial charge in [0, 0.05) is 10.8 Å². The van der Waals surface area contributed by atoms with Gasteiger partial charge in [-0.3, -0.25) is 4.90 Å². The number of rotatable bonds is 7. The minimum Gasteiger partial charge on any atom is -0.477 e. The lowest BCUT2D eigenvalue weighted by atomic mass is 9.89. The molecule has 2 aliphatic carbocycles. The maximum atomic E-state index is 13.9. The number of hydrogen-bond acceptors (Lipinski definition) is 6. The lowest BCUT2D eigenvalue weighted by Crippen LogP contribution is -2.55. The summed E-state index contributed by atoms with van der Waals surface area (Å²) < 4.78 is 11.6. The van der Waals surface area contributed by atoms with Gasteiger partial charge in [-0.15, -0.1) is 11.3 Å². The fourth-order valence-electron chi connectivity index (χ4n) is 5.85. The third-order valence-electron chi connectivity index (χ3n) is 7.60. The first-order chi connectivity index (χ1) is 19.6. The number of benzene rings is 2. The molecule has 216 valence electrons. The van der Waals surface area contributed by atoms with Crippen LogP contribution in [0.3, 0.4) is 0 Å².